The van der Waals surface area contributed by atoms with Gasteiger partial charge in [-0.05, 0) is 37.1 Å². The van der Waals surface area contributed by atoms with E-state index in [2.05, 4.69) is 21.2 Å². The molecule has 0 unspecified atom stereocenters. The minimum absolute atomic E-state index is 0.0343. The minimum Gasteiger partial charge on any atom is -0.495 e. The van der Waals surface area contributed by atoms with Gasteiger partial charge in [0.1, 0.15) is 24.0 Å². The molecule has 0 aliphatic carbocycles. The van der Waals surface area contributed by atoms with Crippen molar-refractivity contribution >= 4 is 49.1 Å². The normalized spacial score (nSPS) is 11.9. The van der Waals surface area contributed by atoms with E-state index in [9.17, 15) is 28.1 Å². The summed E-state index contributed by atoms with van der Waals surface area (Å²) in [5, 5.41) is 14.1. The van der Waals surface area contributed by atoms with E-state index in [-0.39, 0.29) is 29.6 Å². The Morgan fingerprint density at radius 3 is 2.36 bits per heavy atom. The first kappa shape index (κ1) is 29.0. The lowest BCUT2D eigenvalue weighted by Gasteiger charge is -2.31. The molecule has 0 aliphatic heterocycles. The second-order valence-electron chi connectivity index (χ2n) is 8.00. The van der Waals surface area contributed by atoms with Gasteiger partial charge in [0, 0.05) is 29.7 Å². The van der Waals surface area contributed by atoms with Gasteiger partial charge in [-0.15, -0.1) is 0 Å². The number of benzene rings is 2. The number of methoxy groups -OCH3 is 1. The predicted octanol–water partition coefficient (Wildman–Crippen LogP) is 3.08. The molecular formula is C23H29BrN4O7S. The highest BCUT2D eigenvalue weighted by Crippen LogP contribution is 2.33. The van der Waals surface area contributed by atoms with Crippen molar-refractivity contribution < 1.29 is 27.7 Å². The van der Waals surface area contributed by atoms with Gasteiger partial charge in [-0.1, -0.05) is 35.0 Å². The molecule has 0 aliphatic rings. The average molecular weight is 585 g/mol. The number of amides is 2. The summed E-state index contributed by atoms with van der Waals surface area (Å²) in [6.45, 7) is 3.21. The number of ether oxygens (including phenoxy) is 1. The molecule has 0 saturated heterocycles. The number of halogens is 1. The van der Waals surface area contributed by atoms with Crippen LogP contribution in [0.2, 0.25) is 0 Å². The van der Waals surface area contributed by atoms with Gasteiger partial charge in [0.2, 0.25) is 21.8 Å². The van der Waals surface area contributed by atoms with Gasteiger partial charge in [-0.25, -0.2) is 8.42 Å². The molecule has 0 fully saturated rings. The Morgan fingerprint density at radius 1 is 1.19 bits per heavy atom. The van der Waals surface area contributed by atoms with E-state index in [0.29, 0.717) is 13.0 Å². The molecule has 0 heterocycles. The quantitative estimate of drug-likeness (QED) is 0.298. The highest BCUT2D eigenvalue weighted by Gasteiger charge is 2.31. The molecular weight excluding hydrogens is 556 g/mol. The Morgan fingerprint density at radius 2 is 1.83 bits per heavy atom. The second kappa shape index (κ2) is 12.7. The van der Waals surface area contributed by atoms with Crippen LogP contribution in [-0.4, -0.2) is 62.6 Å². The van der Waals surface area contributed by atoms with Crippen LogP contribution in [0.4, 0.5) is 11.4 Å². The molecule has 1 atom stereocenters. The van der Waals surface area contributed by atoms with Crippen LogP contribution in [0.3, 0.4) is 0 Å². The van der Waals surface area contributed by atoms with Crippen molar-refractivity contribution in [3.8, 4) is 5.75 Å². The van der Waals surface area contributed by atoms with Crippen molar-refractivity contribution in [3.63, 3.8) is 0 Å². The van der Waals surface area contributed by atoms with Gasteiger partial charge in [-0.3, -0.25) is 24.0 Å². The van der Waals surface area contributed by atoms with Crippen LogP contribution in [0.15, 0.2) is 46.9 Å². The molecule has 36 heavy (non-hydrogen) atoms. The summed E-state index contributed by atoms with van der Waals surface area (Å²) >= 11 is 3.35. The van der Waals surface area contributed by atoms with E-state index in [1.807, 2.05) is 6.92 Å². The fourth-order valence-electron chi connectivity index (χ4n) is 3.35. The predicted molar refractivity (Wildman–Crippen MR) is 139 cm³/mol. The maximum atomic E-state index is 13.5. The number of nitrogens with one attached hydrogen (secondary N) is 1. The van der Waals surface area contributed by atoms with Crippen LogP contribution in [0.1, 0.15) is 25.8 Å². The molecule has 13 heteroatoms. The summed E-state index contributed by atoms with van der Waals surface area (Å²) in [6.07, 6.45) is 1.59. The third kappa shape index (κ3) is 7.65. The first-order chi connectivity index (χ1) is 16.9. The molecule has 1 N–H and O–H groups in total. The van der Waals surface area contributed by atoms with Crippen LogP contribution in [0.5, 0.6) is 5.75 Å². The van der Waals surface area contributed by atoms with Crippen molar-refractivity contribution in [2.45, 2.75) is 32.9 Å². The third-order valence-electron chi connectivity index (χ3n) is 5.30. The maximum absolute atomic E-state index is 13.5. The lowest BCUT2D eigenvalue weighted by atomic mass is 10.1. The third-order valence-corrected chi connectivity index (χ3v) is 6.96. The van der Waals surface area contributed by atoms with Gasteiger partial charge in [0.05, 0.1) is 18.3 Å². The number of nitro groups is 1. The fraction of sp³-hybridized carbons (Fsp3) is 0.391. The standard InChI is InChI=1S/C23H29BrN4O7S/c1-5-12-25-23(30)16(2)26(14-17-6-8-18(24)9-7-17)22(29)15-27(36(4,33)34)20-13-19(28(31)32)10-11-21(20)35-3/h6-11,13,16H,5,12,14-15H2,1-4H3,(H,25,30)/t16-/m0/s1. The van der Waals surface area contributed by atoms with Gasteiger partial charge in [0.15, 0.2) is 0 Å². The maximum Gasteiger partial charge on any atom is 0.271 e. The summed E-state index contributed by atoms with van der Waals surface area (Å²) in [7, 11) is -2.80. The largest absolute Gasteiger partial charge is 0.495 e. The van der Waals surface area contributed by atoms with E-state index in [1.54, 1.807) is 31.2 Å². The van der Waals surface area contributed by atoms with Gasteiger partial charge < -0.3 is 15.0 Å². The summed E-state index contributed by atoms with van der Waals surface area (Å²) in [4.78, 5) is 38.2. The Balaban J connectivity index is 2.49. The van der Waals surface area contributed by atoms with E-state index < -0.39 is 33.4 Å². The molecule has 0 saturated carbocycles. The summed E-state index contributed by atoms with van der Waals surface area (Å²) in [6, 6.07) is 9.68. The smallest absolute Gasteiger partial charge is 0.271 e. The highest BCUT2D eigenvalue weighted by atomic mass is 79.9. The SMILES string of the molecule is CCCNC(=O)[C@H](C)N(Cc1ccc(Br)cc1)C(=O)CN(c1cc([N+](=O)[O-])ccc1OC)S(C)(=O)=O. The first-order valence-corrected chi connectivity index (χ1v) is 13.6. The molecule has 2 aromatic rings. The number of carbonyl (C=O) groups is 2. The Hall–Kier alpha value is -3.19. The minimum atomic E-state index is -4.08. The molecule has 0 bridgehead atoms. The lowest BCUT2D eigenvalue weighted by molar-refractivity contribution is -0.384. The molecule has 0 radical (unpaired) electrons. The zero-order valence-corrected chi connectivity index (χ0v) is 22.8. The van der Waals surface area contributed by atoms with Gasteiger partial charge in [0.25, 0.3) is 5.69 Å². The highest BCUT2D eigenvalue weighted by molar-refractivity contribution is 9.10. The van der Waals surface area contributed by atoms with E-state index in [1.165, 1.54) is 24.1 Å². The van der Waals surface area contributed by atoms with Gasteiger partial charge >= 0.3 is 0 Å². The van der Waals surface area contributed by atoms with E-state index in [4.69, 9.17) is 4.74 Å². The number of nitrogens with zero attached hydrogens (tertiary/aromatic N) is 3. The molecule has 196 valence electrons. The molecule has 2 aromatic carbocycles. The number of non-ortho nitro benzene ring substituents is 1. The van der Waals surface area contributed by atoms with Crippen LogP contribution in [0, 0.1) is 10.1 Å². The zero-order valence-electron chi connectivity index (χ0n) is 20.4. The topological polar surface area (TPSA) is 139 Å². The fourth-order valence-corrected chi connectivity index (χ4v) is 4.46. The Bertz CT molecular complexity index is 1210. The second-order valence-corrected chi connectivity index (χ2v) is 10.8. The summed E-state index contributed by atoms with van der Waals surface area (Å²) in [5.41, 5.74) is 0.195. The Labute approximate surface area is 218 Å². The van der Waals surface area contributed by atoms with Crippen LogP contribution < -0.4 is 14.4 Å². The Kier molecular flexibility index (Phi) is 10.2. The number of rotatable bonds is 12. The lowest BCUT2D eigenvalue weighted by Crippen LogP contribution is -2.51. The molecule has 0 aromatic heterocycles. The number of hydrogen-bond acceptors (Lipinski definition) is 7. The van der Waals surface area contributed by atoms with Crippen molar-refractivity contribution in [3.05, 3.63) is 62.6 Å². The number of hydrogen-bond donors (Lipinski definition) is 1. The first-order valence-electron chi connectivity index (χ1n) is 11.0. The van der Waals surface area contributed by atoms with Crippen LogP contribution >= 0.6 is 15.9 Å². The zero-order chi connectivity index (χ0) is 27.0. The average Bonchev–Trinajstić information content (AvgIpc) is 2.83. The van der Waals surface area contributed by atoms with Crippen LogP contribution in [-0.2, 0) is 26.2 Å². The van der Waals surface area contributed by atoms with Crippen molar-refractivity contribution in [1.29, 1.82) is 0 Å². The summed E-state index contributed by atoms with van der Waals surface area (Å²) in [5.74, 6) is -1.02. The summed E-state index contributed by atoms with van der Waals surface area (Å²) < 4.78 is 32.2. The van der Waals surface area contributed by atoms with Crippen molar-refractivity contribution in [2.24, 2.45) is 0 Å². The molecule has 11 nitrogen and oxygen atoms in total. The van der Waals surface area contributed by atoms with Crippen LogP contribution in [0.25, 0.3) is 0 Å². The monoisotopic (exact) mass is 584 g/mol. The molecule has 2 amide bonds. The number of nitro benzene ring substituents is 1. The number of sulfonamides is 1. The number of anilines is 1. The van der Waals surface area contributed by atoms with E-state index in [0.717, 1.165) is 26.7 Å². The van der Waals surface area contributed by atoms with E-state index >= 15 is 0 Å². The van der Waals surface area contributed by atoms with Crippen molar-refractivity contribution in [2.75, 3.05) is 30.8 Å². The van der Waals surface area contributed by atoms with Gasteiger partial charge in [-0.2, -0.15) is 0 Å². The van der Waals surface area contributed by atoms with Crippen molar-refractivity contribution in [1.82, 2.24) is 10.2 Å². The molecule has 0 spiro atoms. The number of carbonyl (C=O) groups excluding carboxylic acids is 2. The molecule has 2 rings (SSSR count).